The Bertz CT molecular complexity index is 259. The molecule has 0 saturated carbocycles. The van der Waals surface area contributed by atoms with Gasteiger partial charge in [0.1, 0.15) is 0 Å². The Kier molecular flexibility index (Phi) is 10.9. The molecule has 0 radical (unpaired) electrons. The zero-order chi connectivity index (χ0) is 13.3. The third kappa shape index (κ3) is 8.27. The number of amides is 1. The number of nitrogens with one attached hydrogen (secondary N) is 2. The molecule has 2 N–H and O–H groups in total. The van der Waals surface area contributed by atoms with Crippen molar-refractivity contribution in [1.29, 1.82) is 0 Å². The van der Waals surface area contributed by atoms with Crippen molar-refractivity contribution < 1.29 is 19.1 Å². The van der Waals surface area contributed by atoms with Crippen LogP contribution in [0, 0.1) is 5.41 Å². The molecule has 18 heavy (non-hydrogen) atoms. The molecule has 0 aliphatic heterocycles. The maximum Gasteiger partial charge on any atom is 0.313 e. The van der Waals surface area contributed by atoms with E-state index in [0.29, 0.717) is 13.2 Å². The predicted octanol–water partition coefficient (Wildman–Crippen LogP) is -0.0404. The van der Waals surface area contributed by atoms with Crippen LogP contribution in [0.15, 0.2) is 0 Å². The normalized spacial score (nSPS) is 10.4. The van der Waals surface area contributed by atoms with Crippen LogP contribution in [0.2, 0.25) is 0 Å². The van der Waals surface area contributed by atoms with Crippen molar-refractivity contribution in [3.63, 3.8) is 0 Å². The van der Waals surface area contributed by atoms with Crippen LogP contribution in [0.25, 0.3) is 0 Å². The Morgan fingerprint density at radius 2 is 1.83 bits per heavy atom. The second kappa shape index (κ2) is 10.1. The minimum absolute atomic E-state index is 0. The molecular weight excluding hydrogens is 260 g/mol. The van der Waals surface area contributed by atoms with Crippen LogP contribution in [0.3, 0.4) is 0 Å². The molecule has 0 bridgehead atoms. The summed E-state index contributed by atoms with van der Waals surface area (Å²) in [5, 5.41) is 5.58. The molecule has 0 aliphatic carbocycles. The Labute approximate surface area is 114 Å². The first-order chi connectivity index (χ1) is 7.94. The summed E-state index contributed by atoms with van der Waals surface area (Å²) in [5.74, 6) is -0.497. The number of hydrogen-bond acceptors (Lipinski definition) is 5. The van der Waals surface area contributed by atoms with Crippen molar-refractivity contribution in [1.82, 2.24) is 10.6 Å². The zero-order valence-corrected chi connectivity index (χ0v) is 12.2. The standard InChI is InChI=1S/C11H22N2O4.ClH/c1-11(2,10(15)17-4)8-13-9(14)7-12-5-6-16-3;/h12H,5-8H2,1-4H3,(H,13,14);1H. The van der Waals surface area contributed by atoms with E-state index in [9.17, 15) is 9.59 Å². The lowest BCUT2D eigenvalue weighted by molar-refractivity contribution is -0.150. The van der Waals surface area contributed by atoms with E-state index in [0.717, 1.165) is 0 Å². The molecule has 0 aliphatic rings. The van der Waals surface area contributed by atoms with E-state index < -0.39 is 5.41 Å². The molecule has 0 atom stereocenters. The molecule has 0 aromatic rings. The average molecular weight is 283 g/mol. The average Bonchev–Trinajstić information content (AvgIpc) is 2.31. The summed E-state index contributed by atoms with van der Waals surface area (Å²) < 4.78 is 9.47. The van der Waals surface area contributed by atoms with E-state index >= 15 is 0 Å². The Morgan fingerprint density at radius 3 is 2.33 bits per heavy atom. The van der Waals surface area contributed by atoms with Gasteiger partial charge in [-0.25, -0.2) is 0 Å². The van der Waals surface area contributed by atoms with E-state index in [1.54, 1.807) is 21.0 Å². The number of rotatable bonds is 8. The Morgan fingerprint density at radius 1 is 1.22 bits per heavy atom. The van der Waals surface area contributed by atoms with Gasteiger partial charge in [0.2, 0.25) is 5.91 Å². The monoisotopic (exact) mass is 282 g/mol. The number of methoxy groups -OCH3 is 2. The van der Waals surface area contributed by atoms with Crippen LogP contribution in [0.4, 0.5) is 0 Å². The van der Waals surface area contributed by atoms with Crippen molar-refractivity contribution >= 4 is 24.3 Å². The van der Waals surface area contributed by atoms with E-state index in [4.69, 9.17) is 4.74 Å². The van der Waals surface area contributed by atoms with Gasteiger partial charge in [-0.1, -0.05) is 0 Å². The van der Waals surface area contributed by atoms with E-state index in [1.165, 1.54) is 7.11 Å². The maximum absolute atomic E-state index is 11.4. The molecule has 0 aromatic heterocycles. The second-order valence-electron chi connectivity index (χ2n) is 4.32. The molecule has 7 heteroatoms. The van der Waals surface area contributed by atoms with Gasteiger partial charge in [0.15, 0.2) is 0 Å². The van der Waals surface area contributed by atoms with Crippen LogP contribution < -0.4 is 10.6 Å². The minimum Gasteiger partial charge on any atom is -0.469 e. The fraction of sp³-hybridized carbons (Fsp3) is 0.818. The quantitative estimate of drug-likeness (QED) is 0.483. The molecular formula is C11H23ClN2O4. The summed E-state index contributed by atoms with van der Waals surface area (Å²) in [6.07, 6.45) is 0. The molecule has 1 amide bonds. The fourth-order valence-electron chi connectivity index (χ4n) is 1.11. The van der Waals surface area contributed by atoms with Crippen LogP contribution >= 0.6 is 12.4 Å². The molecule has 0 saturated heterocycles. The first-order valence-electron chi connectivity index (χ1n) is 5.49. The number of ether oxygens (including phenoxy) is 2. The lowest BCUT2D eigenvalue weighted by Gasteiger charge is -2.21. The highest BCUT2D eigenvalue weighted by molar-refractivity contribution is 5.85. The first-order valence-corrected chi connectivity index (χ1v) is 5.49. The van der Waals surface area contributed by atoms with E-state index in [-0.39, 0.29) is 37.4 Å². The summed E-state index contributed by atoms with van der Waals surface area (Å²) in [5.41, 5.74) is -0.711. The van der Waals surface area contributed by atoms with Gasteiger partial charge in [-0.15, -0.1) is 12.4 Å². The molecule has 0 aromatic carbocycles. The molecule has 0 unspecified atom stereocenters. The summed E-state index contributed by atoms with van der Waals surface area (Å²) >= 11 is 0. The van der Waals surface area contributed by atoms with Crippen molar-refractivity contribution in [2.75, 3.05) is 40.5 Å². The molecule has 0 heterocycles. The van der Waals surface area contributed by atoms with E-state index in [1.807, 2.05) is 0 Å². The van der Waals surface area contributed by atoms with Gasteiger partial charge in [-0.2, -0.15) is 0 Å². The Hall–Kier alpha value is -0.850. The molecule has 108 valence electrons. The molecule has 0 spiro atoms. The van der Waals surface area contributed by atoms with Crippen molar-refractivity contribution in [2.45, 2.75) is 13.8 Å². The highest BCUT2D eigenvalue weighted by atomic mass is 35.5. The summed E-state index contributed by atoms with van der Waals surface area (Å²) in [6.45, 7) is 5.07. The third-order valence-electron chi connectivity index (χ3n) is 2.23. The number of halogens is 1. The lowest BCUT2D eigenvalue weighted by atomic mass is 9.94. The SMILES string of the molecule is COCCNCC(=O)NCC(C)(C)C(=O)OC.Cl. The molecule has 0 rings (SSSR count). The van der Waals surface area contributed by atoms with Gasteiger partial charge in [-0.3, -0.25) is 9.59 Å². The Balaban J connectivity index is 0. The maximum atomic E-state index is 11.4. The van der Waals surface area contributed by atoms with Gasteiger partial charge in [0.25, 0.3) is 0 Å². The third-order valence-corrected chi connectivity index (χ3v) is 2.23. The lowest BCUT2D eigenvalue weighted by Crippen LogP contribution is -2.43. The number of carbonyl (C=O) groups is 2. The summed E-state index contributed by atoms with van der Waals surface area (Å²) in [6, 6.07) is 0. The van der Waals surface area contributed by atoms with Crippen molar-refractivity contribution in [2.24, 2.45) is 5.41 Å². The highest BCUT2D eigenvalue weighted by Crippen LogP contribution is 2.14. The summed E-state index contributed by atoms with van der Waals surface area (Å²) in [4.78, 5) is 22.7. The summed E-state index contributed by atoms with van der Waals surface area (Å²) in [7, 11) is 2.93. The number of carbonyl (C=O) groups excluding carboxylic acids is 2. The second-order valence-corrected chi connectivity index (χ2v) is 4.32. The van der Waals surface area contributed by atoms with Gasteiger partial charge in [0, 0.05) is 20.2 Å². The largest absolute Gasteiger partial charge is 0.469 e. The topological polar surface area (TPSA) is 76.7 Å². The highest BCUT2D eigenvalue weighted by Gasteiger charge is 2.28. The molecule has 6 nitrogen and oxygen atoms in total. The molecule has 0 fully saturated rings. The van der Waals surface area contributed by atoms with Crippen molar-refractivity contribution in [3.8, 4) is 0 Å². The smallest absolute Gasteiger partial charge is 0.313 e. The first kappa shape index (κ1) is 19.5. The number of hydrogen-bond donors (Lipinski definition) is 2. The van der Waals surface area contributed by atoms with Gasteiger partial charge in [-0.05, 0) is 13.8 Å². The van der Waals surface area contributed by atoms with E-state index in [2.05, 4.69) is 15.4 Å². The fourth-order valence-corrected chi connectivity index (χ4v) is 1.11. The van der Waals surface area contributed by atoms with Gasteiger partial charge in [0.05, 0.1) is 25.7 Å². The number of esters is 1. The predicted molar refractivity (Wildman–Crippen MR) is 70.8 cm³/mol. The van der Waals surface area contributed by atoms with Crippen molar-refractivity contribution in [3.05, 3.63) is 0 Å². The van der Waals surface area contributed by atoms with Crippen LogP contribution in [0.1, 0.15) is 13.8 Å². The van der Waals surface area contributed by atoms with Gasteiger partial charge < -0.3 is 20.1 Å². The van der Waals surface area contributed by atoms with Crippen LogP contribution in [0.5, 0.6) is 0 Å². The zero-order valence-electron chi connectivity index (χ0n) is 11.4. The van der Waals surface area contributed by atoms with Crippen LogP contribution in [-0.2, 0) is 19.1 Å². The van der Waals surface area contributed by atoms with Gasteiger partial charge >= 0.3 is 5.97 Å². The minimum atomic E-state index is -0.711. The van der Waals surface area contributed by atoms with Crippen LogP contribution in [-0.4, -0.2) is 52.3 Å².